The lowest BCUT2D eigenvalue weighted by atomic mass is 10.1. The number of rotatable bonds is 10. The number of aromatic amines is 2. The Morgan fingerprint density at radius 2 is 1.68 bits per heavy atom. The number of nitrogens with two attached hydrogens (primary N) is 1. The molecule has 0 aliphatic heterocycles. The summed E-state index contributed by atoms with van der Waals surface area (Å²) in [7, 11) is 0. The van der Waals surface area contributed by atoms with E-state index in [1.165, 1.54) is 5.56 Å². The van der Waals surface area contributed by atoms with Crippen molar-refractivity contribution < 1.29 is 4.79 Å². The zero-order valence-electron chi connectivity index (χ0n) is 23.5. The van der Waals surface area contributed by atoms with E-state index < -0.39 is 6.04 Å². The Balaban J connectivity index is 1.19. The van der Waals surface area contributed by atoms with Crippen LogP contribution in [-0.4, -0.2) is 26.2 Å². The van der Waals surface area contributed by atoms with Gasteiger partial charge in [-0.3, -0.25) is 5.10 Å². The molecule has 6 rings (SSSR count). The molecule has 0 spiro atoms. The van der Waals surface area contributed by atoms with E-state index in [1.807, 2.05) is 84.9 Å². The molecule has 6 aromatic rings. The van der Waals surface area contributed by atoms with Crippen LogP contribution in [0.2, 0.25) is 10.2 Å². The van der Waals surface area contributed by atoms with Crippen LogP contribution in [0.4, 0.5) is 10.6 Å². The number of halogens is 2. The van der Waals surface area contributed by atoms with Gasteiger partial charge in [-0.1, -0.05) is 89.9 Å². The monoisotopic (exact) mass is 641 g/mol. The van der Waals surface area contributed by atoms with Crippen molar-refractivity contribution in [3.63, 3.8) is 0 Å². The summed E-state index contributed by atoms with van der Waals surface area (Å²) in [6.07, 6.45) is 0.503. The number of nitrogen functional groups attached to an aromatic ring is 1. The molecule has 44 heavy (non-hydrogen) atoms. The Hall–Kier alpha value is -4.44. The summed E-state index contributed by atoms with van der Waals surface area (Å²) < 4.78 is 0. The first-order chi connectivity index (χ1) is 21.4. The summed E-state index contributed by atoms with van der Waals surface area (Å²) in [5, 5.41) is 14.9. The molecule has 0 fully saturated rings. The molecule has 2 heterocycles. The molecule has 4 aromatic carbocycles. The lowest BCUT2D eigenvalue weighted by Gasteiger charge is -2.18. The zero-order chi connectivity index (χ0) is 30.5. The summed E-state index contributed by atoms with van der Waals surface area (Å²) in [6, 6.07) is 30.7. The average Bonchev–Trinajstić information content (AvgIpc) is 3.62. The molecule has 0 radical (unpaired) electrons. The van der Waals surface area contributed by atoms with Gasteiger partial charge in [-0.05, 0) is 53.4 Å². The summed E-state index contributed by atoms with van der Waals surface area (Å²) in [6.45, 7) is 0.305. The number of nitrogens with zero attached hydrogens (tertiary/aromatic N) is 2. The van der Waals surface area contributed by atoms with Gasteiger partial charge in [-0.15, -0.1) is 11.8 Å². The topological polar surface area (TPSA) is 125 Å². The highest BCUT2D eigenvalue weighted by Gasteiger charge is 2.22. The van der Waals surface area contributed by atoms with E-state index in [2.05, 4.69) is 37.9 Å². The van der Waals surface area contributed by atoms with E-state index in [0.717, 1.165) is 38.2 Å². The number of anilines is 1. The Morgan fingerprint density at radius 1 is 0.932 bits per heavy atom. The smallest absolute Gasteiger partial charge is 0.315 e. The molecule has 1 unspecified atom stereocenters. The van der Waals surface area contributed by atoms with Crippen molar-refractivity contribution in [3.05, 3.63) is 130 Å². The first-order valence-corrected chi connectivity index (χ1v) is 15.7. The van der Waals surface area contributed by atoms with Crippen molar-refractivity contribution >= 4 is 57.7 Å². The van der Waals surface area contributed by atoms with Crippen LogP contribution in [0.3, 0.4) is 0 Å². The third-order valence-corrected chi connectivity index (χ3v) is 8.86. The number of imidazole rings is 1. The summed E-state index contributed by atoms with van der Waals surface area (Å²) in [5.74, 6) is 1.77. The highest BCUT2D eigenvalue weighted by atomic mass is 35.5. The molecule has 0 saturated carbocycles. The minimum atomic E-state index is -0.485. The van der Waals surface area contributed by atoms with Gasteiger partial charge in [0.2, 0.25) is 0 Å². The number of aromatic nitrogens is 4. The fourth-order valence-corrected chi connectivity index (χ4v) is 6.36. The maximum Gasteiger partial charge on any atom is 0.315 e. The van der Waals surface area contributed by atoms with Gasteiger partial charge >= 0.3 is 6.03 Å². The van der Waals surface area contributed by atoms with Crippen LogP contribution in [0.5, 0.6) is 0 Å². The molecule has 6 N–H and O–H groups in total. The minimum absolute atomic E-state index is 0.305. The molecule has 11 heteroatoms. The van der Waals surface area contributed by atoms with Crippen LogP contribution >= 0.6 is 35.0 Å². The highest BCUT2D eigenvalue weighted by Crippen LogP contribution is 2.32. The first-order valence-electron chi connectivity index (χ1n) is 14.0. The van der Waals surface area contributed by atoms with Gasteiger partial charge in [-0.25, -0.2) is 9.78 Å². The summed E-state index contributed by atoms with van der Waals surface area (Å²) in [4.78, 5) is 22.4. The number of carbonyl (C=O) groups is 1. The van der Waals surface area contributed by atoms with Gasteiger partial charge in [-0.2, -0.15) is 5.10 Å². The quantitative estimate of drug-likeness (QED) is 0.0972. The number of H-pyrrole nitrogens is 2. The Bertz CT molecular complexity index is 1890. The predicted octanol–water partition coefficient (Wildman–Crippen LogP) is 7.92. The second-order valence-corrected chi connectivity index (χ2v) is 12.1. The maximum absolute atomic E-state index is 13.3. The van der Waals surface area contributed by atoms with E-state index in [9.17, 15) is 4.79 Å². The van der Waals surface area contributed by atoms with Gasteiger partial charge < -0.3 is 21.4 Å². The molecule has 2 aromatic heterocycles. The lowest BCUT2D eigenvalue weighted by Crippen LogP contribution is -2.38. The fraction of sp³-hybridized carbons (Fsp3) is 0.121. The number of urea groups is 1. The molecule has 2 amide bonds. The van der Waals surface area contributed by atoms with Gasteiger partial charge in [0.15, 0.2) is 5.82 Å². The molecular formula is C33H29Cl2N7OS. The Labute approximate surface area is 268 Å². The number of fused-ring (bicyclic) bond motifs is 1. The van der Waals surface area contributed by atoms with Gasteiger partial charge in [0.05, 0.1) is 11.6 Å². The average molecular weight is 643 g/mol. The third-order valence-electron chi connectivity index (χ3n) is 7.16. The highest BCUT2D eigenvalue weighted by molar-refractivity contribution is 7.98. The molecule has 0 aliphatic carbocycles. The number of benzene rings is 4. The maximum atomic E-state index is 13.3. The van der Waals surface area contributed by atoms with E-state index in [4.69, 9.17) is 33.9 Å². The van der Waals surface area contributed by atoms with Crippen LogP contribution in [-0.2, 0) is 18.7 Å². The number of hydrogen-bond donors (Lipinski definition) is 5. The Morgan fingerprint density at radius 3 is 2.45 bits per heavy atom. The molecule has 222 valence electrons. The number of amides is 2. The van der Waals surface area contributed by atoms with Crippen molar-refractivity contribution in [1.82, 2.24) is 30.8 Å². The van der Waals surface area contributed by atoms with Crippen molar-refractivity contribution in [2.75, 3.05) is 5.73 Å². The second-order valence-electron chi connectivity index (χ2n) is 10.2. The van der Waals surface area contributed by atoms with Gasteiger partial charge in [0, 0.05) is 33.2 Å². The predicted molar refractivity (Wildman–Crippen MR) is 179 cm³/mol. The minimum Gasteiger partial charge on any atom is -0.382 e. The SMILES string of the molecule is Nc1n[nH]c2cc(-c3nc(C(Cc4ccccc4)NC(=O)NCc4cc(Cl)ccc4SCc4ccccc4)[nH]c3Cl)ccc12. The normalized spacial score (nSPS) is 11.9. The van der Waals surface area contributed by atoms with Crippen molar-refractivity contribution in [2.24, 2.45) is 0 Å². The van der Waals surface area contributed by atoms with E-state index in [-0.39, 0.29) is 6.03 Å². The largest absolute Gasteiger partial charge is 0.382 e. The van der Waals surface area contributed by atoms with Crippen LogP contribution in [0, 0.1) is 0 Å². The van der Waals surface area contributed by atoms with E-state index >= 15 is 0 Å². The fourth-order valence-electron chi connectivity index (χ4n) is 4.93. The molecule has 0 saturated heterocycles. The Kier molecular flexibility index (Phi) is 9.07. The summed E-state index contributed by atoms with van der Waals surface area (Å²) in [5.41, 5.74) is 11.3. The number of thioether (sulfide) groups is 1. The van der Waals surface area contributed by atoms with Gasteiger partial charge in [0.1, 0.15) is 16.7 Å². The zero-order valence-corrected chi connectivity index (χ0v) is 25.8. The second kappa shape index (κ2) is 13.5. The molecular weight excluding hydrogens is 613 g/mol. The molecule has 0 bridgehead atoms. The lowest BCUT2D eigenvalue weighted by molar-refractivity contribution is 0.236. The third kappa shape index (κ3) is 7.02. The molecule has 0 aliphatic rings. The van der Waals surface area contributed by atoms with Crippen molar-refractivity contribution in [3.8, 4) is 11.3 Å². The van der Waals surface area contributed by atoms with Crippen molar-refractivity contribution in [1.29, 1.82) is 0 Å². The van der Waals surface area contributed by atoms with Crippen molar-refractivity contribution in [2.45, 2.75) is 29.7 Å². The van der Waals surface area contributed by atoms with Crippen LogP contribution in [0.25, 0.3) is 22.2 Å². The van der Waals surface area contributed by atoms with Crippen LogP contribution < -0.4 is 16.4 Å². The number of nitrogens with one attached hydrogen (secondary N) is 4. The molecule has 8 nitrogen and oxygen atoms in total. The van der Waals surface area contributed by atoms with E-state index in [1.54, 1.807) is 11.8 Å². The summed E-state index contributed by atoms with van der Waals surface area (Å²) >= 11 is 14.7. The molecule has 1 atom stereocenters. The number of hydrogen-bond acceptors (Lipinski definition) is 5. The first kappa shape index (κ1) is 29.6. The van der Waals surface area contributed by atoms with E-state index in [0.29, 0.717) is 40.5 Å². The van der Waals surface area contributed by atoms with Crippen LogP contribution in [0.1, 0.15) is 28.6 Å². The van der Waals surface area contributed by atoms with Gasteiger partial charge in [0.25, 0.3) is 0 Å². The van der Waals surface area contributed by atoms with Crippen LogP contribution in [0.15, 0.2) is 102 Å². The number of carbonyl (C=O) groups excluding carboxylic acids is 1. The standard InChI is InChI=1S/C33H29Cl2N7OS/c34-24-12-14-28(44-19-21-9-5-2-6-10-21)23(16-24)18-37-33(43)38-27(15-20-7-3-1-4-8-20)32-39-29(30(35)40-32)22-11-13-25-26(17-22)41-42-31(25)36/h1-14,16-17,27H,15,18-19H2,(H,39,40)(H3,36,41,42)(H2,37,38,43).